The van der Waals surface area contributed by atoms with Crippen LogP contribution < -0.4 is 5.32 Å². The molecule has 0 radical (unpaired) electrons. The maximum atomic E-state index is 14.0. The molecule has 2 atom stereocenters. The summed E-state index contributed by atoms with van der Waals surface area (Å²) in [5, 5.41) is 3.43. The van der Waals surface area contributed by atoms with Gasteiger partial charge in [0.15, 0.2) is 0 Å². The molecule has 1 aliphatic heterocycles. The second-order valence-corrected chi connectivity index (χ2v) is 5.59. The smallest absolute Gasteiger partial charge is 0.130 e. The molecular formula is C16H24F2N2O. The third-order valence-electron chi connectivity index (χ3n) is 4.17. The van der Waals surface area contributed by atoms with Crippen LogP contribution in [0.5, 0.6) is 0 Å². The van der Waals surface area contributed by atoms with Gasteiger partial charge in [0.05, 0.1) is 6.61 Å². The van der Waals surface area contributed by atoms with Crippen molar-refractivity contribution in [3.63, 3.8) is 0 Å². The monoisotopic (exact) mass is 298 g/mol. The SMILES string of the molecule is COCCN(CC1CCCN1)C(C)c1c(F)cccc1F. The summed E-state index contributed by atoms with van der Waals surface area (Å²) in [6, 6.07) is 4.11. The molecule has 1 fully saturated rings. The first-order valence-electron chi connectivity index (χ1n) is 7.53. The van der Waals surface area contributed by atoms with E-state index >= 15 is 0 Å². The predicted molar refractivity (Wildman–Crippen MR) is 79.2 cm³/mol. The largest absolute Gasteiger partial charge is 0.383 e. The summed E-state index contributed by atoms with van der Waals surface area (Å²) in [4.78, 5) is 2.09. The zero-order chi connectivity index (χ0) is 15.2. The lowest BCUT2D eigenvalue weighted by Crippen LogP contribution is -2.41. The molecule has 0 saturated carbocycles. The van der Waals surface area contributed by atoms with Gasteiger partial charge in [0, 0.05) is 37.8 Å². The van der Waals surface area contributed by atoms with E-state index in [4.69, 9.17) is 4.74 Å². The van der Waals surface area contributed by atoms with Gasteiger partial charge >= 0.3 is 0 Å². The summed E-state index contributed by atoms with van der Waals surface area (Å²) in [6.07, 6.45) is 2.27. The van der Waals surface area contributed by atoms with Crippen LogP contribution >= 0.6 is 0 Å². The summed E-state index contributed by atoms with van der Waals surface area (Å²) < 4.78 is 33.1. The number of hydrogen-bond acceptors (Lipinski definition) is 3. The second kappa shape index (κ2) is 7.82. The highest BCUT2D eigenvalue weighted by Gasteiger charge is 2.25. The molecule has 2 rings (SSSR count). The standard InChI is InChI=1S/C16H24F2N2O/c1-12(16-14(17)6-3-7-15(16)18)20(9-10-21-2)11-13-5-4-8-19-13/h3,6-7,12-13,19H,4-5,8-11H2,1-2H3. The lowest BCUT2D eigenvalue weighted by molar-refractivity contribution is 0.115. The molecule has 118 valence electrons. The molecule has 1 aliphatic rings. The fraction of sp³-hybridized carbons (Fsp3) is 0.625. The molecule has 5 heteroatoms. The van der Waals surface area contributed by atoms with Gasteiger partial charge in [-0.3, -0.25) is 4.90 Å². The molecule has 1 aromatic rings. The maximum absolute atomic E-state index is 14.0. The van der Waals surface area contributed by atoms with E-state index in [2.05, 4.69) is 10.2 Å². The Morgan fingerprint density at radius 3 is 2.67 bits per heavy atom. The van der Waals surface area contributed by atoms with Crippen LogP contribution in [0.4, 0.5) is 8.78 Å². The van der Waals surface area contributed by atoms with Gasteiger partial charge < -0.3 is 10.1 Å². The third-order valence-corrected chi connectivity index (χ3v) is 4.17. The summed E-state index contributed by atoms with van der Waals surface area (Å²) in [5.74, 6) is -0.964. The van der Waals surface area contributed by atoms with E-state index in [0.717, 1.165) is 25.9 Å². The van der Waals surface area contributed by atoms with Gasteiger partial charge in [-0.2, -0.15) is 0 Å². The van der Waals surface area contributed by atoms with Gasteiger partial charge in [-0.15, -0.1) is 0 Å². The van der Waals surface area contributed by atoms with Gasteiger partial charge in [-0.25, -0.2) is 8.78 Å². The Labute approximate surface area is 125 Å². The Kier molecular flexibility index (Phi) is 6.08. The Morgan fingerprint density at radius 1 is 1.38 bits per heavy atom. The van der Waals surface area contributed by atoms with Crippen molar-refractivity contribution in [2.45, 2.75) is 31.8 Å². The van der Waals surface area contributed by atoms with Crippen LogP contribution in [-0.4, -0.2) is 44.3 Å². The molecule has 1 saturated heterocycles. The summed E-state index contributed by atoms with van der Waals surface area (Å²) in [6.45, 7) is 4.85. The van der Waals surface area contributed by atoms with Gasteiger partial charge in [0.1, 0.15) is 11.6 Å². The number of ether oxygens (including phenoxy) is 1. The van der Waals surface area contributed by atoms with Crippen molar-refractivity contribution in [3.8, 4) is 0 Å². The molecule has 0 spiro atoms. The summed E-state index contributed by atoms with van der Waals surface area (Å²) in [7, 11) is 1.64. The van der Waals surface area contributed by atoms with Crippen LogP contribution in [0.15, 0.2) is 18.2 Å². The normalized spacial score (nSPS) is 20.1. The zero-order valence-corrected chi connectivity index (χ0v) is 12.7. The fourth-order valence-electron chi connectivity index (χ4n) is 2.94. The van der Waals surface area contributed by atoms with E-state index < -0.39 is 11.6 Å². The van der Waals surface area contributed by atoms with Crippen molar-refractivity contribution in [3.05, 3.63) is 35.4 Å². The number of benzene rings is 1. The minimum atomic E-state index is -0.482. The first kappa shape index (κ1) is 16.3. The van der Waals surface area contributed by atoms with Crippen LogP contribution in [0.3, 0.4) is 0 Å². The van der Waals surface area contributed by atoms with Crippen LogP contribution in [0.2, 0.25) is 0 Å². The van der Waals surface area contributed by atoms with Crippen molar-refractivity contribution in [1.29, 1.82) is 0 Å². The van der Waals surface area contributed by atoms with Crippen molar-refractivity contribution in [1.82, 2.24) is 10.2 Å². The van der Waals surface area contributed by atoms with E-state index in [1.165, 1.54) is 18.2 Å². The quantitative estimate of drug-likeness (QED) is 0.837. The fourth-order valence-corrected chi connectivity index (χ4v) is 2.94. The van der Waals surface area contributed by atoms with E-state index in [1.807, 2.05) is 6.92 Å². The molecule has 1 heterocycles. The van der Waals surface area contributed by atoms with Crippen molar-refractivity contribution in [2.24, 2.45) is 0 Å². The first-order valence-corrected chi connectivity index (χ1v) is 7.53. The summed E-state index contributed by atoms with van der Waals surface area (Å²) >= 11 is 0. The lowest BCUT2D eigenvalue weighted by atomic mass is 10.0. The van der Waals surface area contributed by atoms with Crippen LogP contribution in [0.1, 0.15) is 31.4 Å². The van der Waals surface area contributed by atoms with E-state index in [9.17, 15) is 8.78 Å². The minimum Gasteiger partial charge on any atom is -0.383 e. The number of rotatable bonds is 7. The molecule has 1 aromatic carbocycles. The average Bonchev–Trinajstić information content (AvgIpc) is 2.96. The van der Waals surface area contributed by atoms with Gasteiger partial charge in [0.2, 0.25) is 0 Å². The van der Waals surface area contributed by atoms with Crippen LogP contribution in [-0.2, 0) is 4.74 Å². The van der Waals surface area contributed by atoms with E-state index in [0.29, 0.717) is 19.2 Å². The molecule has 21 heavy (non-hydrogen) atoms. The highest BCUT2D eigenvalue weighted by molar-refractivity contribution is 5.23. The molecule has 3 nitrogen and oxygen atoms in total. The van der Waals surface area contributed by atoms with E-state index in [-0.39, 0.29) is 11.6 Å². The number of halogens is 2. The van der Waals surface area contributed by atoms with Crippen molar-refractivity contribution < 1.29 is 13.5 Å². The molecule has 0 amide bonds. The second-order valence-electron chi connectivity index (χ2n) is 5.59. The molecule has 1 N–H and O–H groups in total. The molecular weight excluding hydrogens is 274 g/mol. The number of hydrogen-bond donors (Lipinski definition) is 1. The van der Waals surface area contributed by atoms with Gasteiger partial charge in [0.25, 0.3) is 0 Å². The number of nitrogens with zero attached hydrogens (tertiary/aromatic N) is 1. The predicted octanol–water partition coefficient (Wildman–Crippen LogP) is 2.73. The minimum absolute atomic E-state index is 0.145. The Hall–Kier alpha value is -1.04. The number of nitrogens with one attached hydrogen (secondary N) is 1. The molecule has 0 aromatic heterocycles. The van der Waals surface area contributed by atoms with Crippen LogP contribution in [0.25, 0.3) is 0 Å². The van der Waals surface area contributed by atoms with Crippen LogP contribution in [0, 0.1) is 11.6 Å². The Morgan fingerprint density at radius 2 is 2.10 bits per heavy atom. The van der Waals surface area contributed by atoms with E-state index in [1.54, 1.807) is 7.11 Å². The third kappa shape index (κ3) is 4.22. The highest BCUT2D eigenvalue weighted by atomic mass is 19.1. The maximum Gasteiger partial charge on any atom is 0.130 e. The number of methoxy groups -OCH3 is 1. The highest BCUT2D eigenvalue weighted by Crippen LogP contribution is 2.26. The lowest BCUT2D eigenvalue weighted by Gasteiger charge is -2.32. The average molecular weight is 298 g/mol. The summed E-state index contributed by atoms with van der Waals surface area (Å²) in [5.41, 5.74) is 0.145. The van der Waals surface area contributed by atoms with Crippen molar-refractivity contribution in [2.75, 3.05) is 33.4 Å². The van der Waals surface area contributed by atoms with Gasteiger partial charge in [-0.05, 0) is 38.4 Å². The molecule has 0 aliphatic carbocycles. The molecule has 2 unspecified atom stereocenters. The first-order chi connectivity index (χ1) is 10.1. The van der Waals surface area contributed by atoms with Gasteiger partial charge in [-0.1, -0.05) is 6.07 Å². The Balaban J connectivity index is 2.13. The Bertz CT molecular complexity index is 430. The topological polar surface area (TPSA) is 24.5 Å². The zero-order valence-electron chi connectivity index (χ0n) is 12.7. The van der Waals surface area contributed by atoms with Crippen molar-refractivity contribution >= 4 is 0 Å². The molecule has 0 bridgehead atoms.